The summed E-state index contributed by atoms with van der Waals surface area (Å²) in [5.41, 5.74) is 8.18. The molecule has 0 aliphatic carbocycles. The quantitative estimate of drug-likeness (QED) is 0.930. The highest BCUT2D eigenvalue weighted by molar-refractivity contribution is 9.10. The van der Waals surface area contributed by atoms with Crippen molar-refractivity contribution < 1.29 is 4.39 Å². The summed E-state index contributed by atoms with van der Waals surface area (Å²) in [6.45, 7) is 0.903. The Kier molecular flexibility index (Phi) is 4.56. The van der Waals surface area contributed by atoms with Gasteiger partial charge in [-0.3, -0.25) is 0 Å². The van der Waals surface area contributed by atoms with Crippen LogP contribution in [0.15, 0.2) is 46.9 Å². The first kappa shape index (κ1) is 14.0. The van der Waals surface area contributed by atoms with Crippen LogP contribution in [0.2, 0.25) is 0 Å². The Labute approximate surface area is 121 Å². The van der Waals surface area contributed by atoms with Crippen molar-refractivity contribution in [3.8, 4) is 0 Å². The van der Waals surface area contributed by atoms with E-state index >= 15 is 0 Å². The minimum absolute atomic E-state index is 0.199. The van der Waals surface area contributed by atoms with Crippen molar-refractivity contribution in [1.82, 2.24) is 0 Å². The second kappa shape index (κ2) is 6.17. The van der Waals surface area contributed by atoms with Gasteiger partial charge < -0.3 is 10.6 Å². The molecule has 2 aromatic carbocycles. The second-order valence-electron chi connectivity index (χ2n) is 4.43. The maximum atomic E-state index is 13.7. The Bertz CT molecular complexity index is 572. The van der Waals surface area contributed by atoms with E-state index in [9.17, 15) is 4.39 Å². The zero-order valence-electron chi connectivity index (χ0n) is 10.7. The maximum absolute atomic E-state index is 13.7. The molecule has 0 spiro atoms. The van der Waals surface area contributed by atoms with Gasteiger partial charge in [-0.2, -0.15) is 0 Å². The van der Waals surface area contributed by atoms with Gasteiger partial charge in [0.2, 0.25) is 0 Å². The molecule has 19 heavy (non-hydrogen) atoms. The monoisotopic (exact) mass is 322 g/mol. The summed E-state index contributed by atoms with van der Waals surface area (Å²) in [4.78, 5) is 2.01. The van der Waals surface area contributed by atoms with Gasteiger partial charge in [0.05, 0.1) is 0 Å². The zero-order chi connectivity index (χ0) is 13.8. The van der Waals surface area contributed by atoms with E-state index in [1.54, 1.807) is 6.07 Å². The van der Waals surface area contributed by atoms with E-state index in [-0.39, 0.29) is 12.4 Å². The summed E-state index contributed by atoms with van der Waals surface area (Å²) in [5, 5.41) is 0. The van der Waals surface area contributed by atoms with Gasteiger partial charge in [-0.05, 0) is 29.8 Å². The molecular formula is C15H16BrFN2. The van der Waals surface area contributed by atoms with Crippen LogP contribution in [0.3, 0.4) is 0 Å². The van der Waals surface area contributed by atoms with Crippen molar-refractivity contribution in [2.75, 3.05) is 11.9 Å². The molecular weight excluding hydrogens is 307 g/mol. The lowest BCUT2D eigenvalue weighted by molar-refractivity contribution is 0.609. The van der Waals surface area contributed by atoms with E-state index in [0.717, 1.165) is 15.7 Å². The lowest BCUT2D eigenvalue weighted by atomic mass is 10.1. The smallest absolute Gasteiger partial charge is 0.129 e. The molecule has 0 fully saturated rings. The van der Waals surface area contributed by atoms with E-state index in [2.05, 4.69) is 22.0 Å². The molecule has 0 radical (unpaired) electrons. The Morgan fingerprint density at radius 3 is 2.63 bits per heavy atom. The molecule has 0 heterocycles. The number of benzene rings is 2. The fraction of sp³-hybridized carbons (Fsp3) is 0.200. The summed E-state index contributed by atoms with van der Waals surface area (Å²) in [5.74, 6) is -0.249. The maximum Gasteiger partial charge on any atom is 0.129 e. The van der Waals surface area contributed by atoms with Crippen molar-refractivity contribution in [1.29, 1.82) is 0 Å². The lowest BCUT2D eigenvalue weighted by Crippen LogP contribution is -2.19. The van der Waals surface area contributed by atoms with Gasteiger partial charge in [0.15, 0.2) is 0 Å². The fourth-order valence-electron chi connectivity index (χ4n) is 2.10. The molecule has 2 nitrogen and oxygen atoms in total. The number of nitrogens with zero attached hydrogens (tertiary/aromatic N) is 1. The van der Waals surface area contributed by atoms with Crippen molar-refractivity contribution in [3.63, 3.8) is 0 Å². The van der Waals surface area contributed by atoms with Gasteiger partial charge in [0, 0.05) is 35.9 Å². The van der Waals surface area contributed by atoms with Crippen molar-refractivity contribution in [3.05, 3.63) is 63.9 Å². The molecule has 0 aliphatic heterocycles. The molecule has 2 rings (SSSR count). The standard InChI is InChI=1S/C15H16BrFN2/c1-19(10-11-4-2-5-12(16)8-11)15-7-3-6-14(17)13(15)9-18/h2-8H,9-10,18H2,1H3. The van der Waals surface area contributed by atoms with Crippen LogP contribution in [0, 0.1) is 5.82 Å². The molecule has 2 N–H and O–H groups in total. The van der Waals surface area contributed by atoms with Gasteiger partial charge in [-0.15, -0.1) is 0 Å². The normalized spacial score (nSPS) is 10.5. The highest BCUT2D eigenvalue weighted by Crippen LogP contribution is 2.24. The van der Waals surface area contributed by atoms with E-state index < -0.39 is 0 Å². The van der Waals surface area contributed by atoms with Crippen LogP contribution in [0.4, 0.5) is 10.1 Å². The van der Waals surface area contributed by atoms with Gasteiger partial charge in [0.1, 0.15) is 5.82 Å². The van der Waals surface area contributed by atoms with Gasteiger partial charge in [-0.1, -0.05) is 34.1 Å². The van der Waals surface area contributed by atoms with Gasteiger partial charge in [0.25, 0.3) is 0 Å². The third-order valence-corrected chi connectivity index (χ3v) is 3.51. The molecule has 0 aliphatic rings. The zero-order valence-corrected chi connectivity index (χ0v) is 12.3. The lowest BCUT2D eigenvalue weighted by Gasteiger charge is -2.22. The Morgan fingerprint density at radius 1 is 1.21 bits per heavy atom. The van der Waals surface area contributed by atoms with Crippen LogP contribution in [0.25, 0.3) is 0 Å². The first-order valence-electron chi connectivity index (χ1n) is 6.05. The first-order chi connectivity index (χ1) is 9.11. The Hall–Kier alpha value is -1.39. The highest BCUT2D eigenvalue weighted by Gasteiger charge is 2.11. The topological polar surface area (TPSA) is 29.3 Å². The SMILES string of the molecule is CN(Cc1cccc(Br)c1)c1cccc(F)c1CN. The summed E-state index contributed by atoms with van der Waals surface area (Å²) < 4.78 is 14.7. The third kappa shape index (κ3) is 3.33. The number of halogens is 2. The Balaban J connectivity index is 2.25. The summed E-state index contributed by atoms with van der Waals surface area (Å²) >= 11 is 3.45. The number of rotatable bonds is 4. The van der Waals surface area contributed by atoms with Gasteiger partial charge in [-0.25, -0.2) is 4.39 Å². The Morgan fingerprint density at radius 2 is 1.95 bits per heavy atom. The predicted octanol–water partition coefficient (Wildman–Crippen LogP) is 3.68. The van der Waals surface area contributed by atoms with Crippen molar-refractivity contribution >= 4 is 21.6 Å². The fourth-order valence-corrected chi connectivity index (χ4v) is 2.55. The minimum atomic E-state index is -0.249. The summed E-state index contributed by atoms with van der Waals surface area (Å²) in [6.07, 6.45) is 0. The van der Waals surface area contributed by atoms with Crippen LogP contribution >= 0.6 is 15.9 Å². The molecule has 0 amide bonds. The van der Waals surface area contributed by atoms with E-state index in [4.69, 9.17) is 5.73 Å². The molecule has 0 aromatic heterocycles. The molecule has 100 valence electrons. The second-order valence-corrected chi connectivity index (χ2v) is 5.34. The molecule has 0 bridgehead atoms. The third-order valence-electron chi connectivity index (χ3n) is 3.02. The van der Waals surface area contributed by atoms with E-state index in [1.807, 2.05) is 36.2 Å². The van der Waals surface area contributed by atoms with E-state index in [1.165, 1.54) is 6.07 Å². The van der Waals surface area contributed by atoms with Crippen molar-refractivity contribution in [2.45, 2.75) is 13.1 Å². The number of hydrogen-bond acceptors (Lipinski definition) is 2. The minimum Gasteiger partial charge on any atom is -0.370 e. The molecule has 2 aromatic rings. The molecule has 0 saturated carbocycles. The van der Waals surface area contributed by atoms with Crippen molar-refractivity contribution in [2.24, 2.45) is 5.73 Å². The largest absolute Gasteiger partial charge is 0.370 e. The van der Waals surface area contributed by atoms with Crippen LogP contribution in [-0.4, -0.2) is 7.05 Å². The first-order valence-corrected chi connectivity index (χ1v) is 6.84. The number of anilines is 1. The van der Waals surface area contributed by atoms with Crippen LogP contribution in [-0.2, 0) is 13.1 Å². The van der Waals surface area contributed by atoms with E-state index in [0.29, 0.717) is 12.1 Å². The summed E-state index contributed by atoms with van der Waals surface area (Å²) in [7, 11) is 1.94. The molecule has 0 saturated heterocycles. The molecule has 4 heteroatoms. The molecule has 0 atom stereocenters. The van der Waals surface area contributed by atoms with Crippen LogP contribution in [0.1, 0.15) is 11.1 Å². The number of hydrogen-bond donors (Lipinski definition) is 1. The highest BCUT2D eigenvalue weighted by atomic mass is 79.9. The predicted molar refractivity (Wildman–Crippen MR) is 80.5 cm³/mol. The summed E-state index contributed by atoms with van der Waals surface area (Å²) in [6, 6.07) is 13.1. The average molecular weight is 323 g/mol. The van der Waals surface area contributed by atoms with Gasteiger partial charge >= 0.3 is 0 Å². The molecule has 0 unspecified atom stereocenters. The van der Waals surface area contributed by atoms with Crippen LogP contribution < -0.4 is 10.6 Å². The number of nitrogens with two attached hydrogens (primary N) is 1. The van der Waals surface area contributed by atoms with Crippen LogP contribution in [0.5, 0.6) is 0 Å². The average Bonchev–Trinajstić information content (AvgIpc) is 2.38.